The molecular formula is C12H15N5OS. The largest absolute Gasteiger partial charge is 0.337 e. The highest BCUT2D eigenvalue weighted by Crippen LogP contribution is 2.20. The summed E-state index contributed by atoms with van der Waals surface area (Å²) < 4.78 is 0. The van der Waals surface area contributed by atoms with E-state index >= 15 is 0 Å². The number of nitrogens with one attached hydrogen (secondary N) is 2. The van der Waals surface area contributed by atoms with E-state index in [2.05, 4.69) is 25.8 Å². The van der Waals surface area contributed by atoms with Crippen molar-refractivity contribution in [2.75, 3.05) is 11.9 Å². The molecule has 0 saturated heterocycles. The van der Waals surface area contributed by atoms with Crippen molar-refractivity contribution in [3.05, 3.63) is 34.4 Å². The fraction of sp³-hybridized carbons (Fsp3) is 0.333. The molecule has 100 valence electrons. The molecule has 19 heavy (non-hydrogen) atoms. The number of urea groups is 1. The number of anilines is 1. The van der Waals surface area contributed by atoms with Crippen LogP contribution >= 0.6 is 11.3 Å². The van der Waals surface area contributed by atoms with E-state index in [0.29, 0.717) is 12.4 Å². The van der Waals surface area contributed by atoms with Crippen molar-refractivity contribution in [1.82, 2.24) is 20.5 Å². The van der Waals surface area contributed by atoms with Gasteiger partial charge in [0.25, 0.3) is 0 Å². The molecule has 2 aromatic rings. The van der Waals surface area contributed by atoms with Gasteiger partial charge in [0, 0.05) is 29.7 Å². The molecule has 6 nitrogen and oxygen atoms in total. The van der Waals surface area contributed by atoms with Gasteiger partial charge in [0.05, 0.1) is 5.01 Å². The topological polar surface area (TPSA) is 79.8 Å². The summed E-state index contributed by atoms with van der Waals surface area (Å²) >= 11 is 1.65. The lowest BCUT2D eigenvalue weighted by Crippen LogP contribution is -2.32. The smallest absolute Gasteiger partial charge is 0.320 e. The second-order valence-corrected chi connectivity index (χ2v) is 5.42. The van der Waals surface area contributed by atoms with Gasteiger partial charge >= 0.3 is 6.03 Å². The number of carbonyl (C=O) groups is 1. The molecule has 2 rings (SSSR count). The fourth-order valence-corrected chi connectivity index (χ4v) is 2.29. The van der Waals surface area contributed by atoms with Crippen LogP contribution in [0.3, 0.4) is 0 Å². The highest BCUT2D eigenvalue weighted by molar-refractivity contribution is 7.11. The van der Waals surface area contributed by atoms with E-state index in [1.54, 1.807) is 29.7 Å². The monoisotopic (exact) mass is 277 g/mol. The maximum Gasteiger partial charge on any atom is 0.320 e. The lowest BCUT2D eigenvalue weighted by molar-refractivity contribution is 0.251. The van der Waals surface area contributed by atoms with Crippen LogP contribution in [0.2, 0.25) is 0 Å². The molecular weight excluding hydrogens is 262 g/mol. The van der Waals surface area contributed by atoms with Crippen molar-refractivity contribution >= 4 is 23.2 Å². The predicted octanol–water partition coefficient (Wildman–Crippen LogP) is 2.17. The highest BCUT2D eigenvalue weighted by atomic mass is 32.1. The summed E-state index contributed by atoms with van der Waals surface area (Å²) in [6.07, 6.45) is 3.39. The second-order valence-electron chi connectivity index (χ2n) is 4.15. The van der Waals surface area contributed by atoms with Crippen molar-refractivity contribution < 1.29 is 4.79 Å². The first-order chi connectivity index (χ1) is 9.15. The first-order valence-corrected chi connectivity index (χ1v) is 6.71. The van der Waals surface area contributed by atoms with Crippen molar-refractivity contribution in [3.8, 4) is 0 Å². The van der Waals surface area contributed by atoms with E-state index in [-0.39, 0.29) is 11.9 Å². The average molecular weight is 277 g/mol. The zero-order valence-corrected chi connectivity index (χ0v) is 11.6. The Morgan fingerprint density at radius 2 is 2.37 bits per heavy atom. The quantitative estimate of drug-likeness (QED) is 0.897. The molecule has 0 saturated carbocycles. The van der Waals surface area contributed by atoms with Crippen LogP contribution in [0.1, 0.15) is 22.7 Å². The molecule has 2 N–H and O–H groups in total. The molecule has 0 bridgehead atoms. The van der Waals surface area contributed by atoms with E-state index in [4.69, 9.17) is 0 Å². The number of thiazole rings is 1. The lowest BCUT2D eigenvalue weighted by Gasteiger charge is -2.10. The average Bonchev–Trinajstić information content (AvgIpc) is 2.84. The molecule has 0 aliphatic heterocycles. The number of carbonyl (C=O) groups excluding carboxylic acids is 1. The number of aromatic nitrogens is 3. The minimum absolute atomic E-state index is 0.186. The summed E-state index contributed by atoms with van der Waals surface area (Å²) in [5, 5.41) is 13.9. The first-order valence-electron chi connectivity index (χ1n) is 5.90. The third-order valence-corrected chi connectivity index (χ3v) is 3.59. The standard InChI is InChI=1S/C12H15N5OS/c1-8(11-13-7-9(2)19-11)6-14-12(18)16-10-4-3-5-15-17-10/h3-5,7-8H,6H2,1-2H3,(H2,14,16,17,18)/t8-/m0/s1. The number of rotatable bonds is 4. The van der Waals surface area contributed by atoms with Crippen LogP contribution in [0.5, 0.6) is 0 Å². The molecule has 7 heteroatoms. The van der Waals surface area contributed by atoms with E-state index in [0.717, 1.165) is 5.01 Å². The summed E-state index contributed by atoms with van der Waals surface area (Å²) in [7, 11) is 0. The van der Waals surface area contributed by atoms with Crippen molar-refractivity contribution in [2.24, 2.45) is 0 Å². The van der Waals surface area contributed by atoms with Crippen LogP contribution in [0.15, 0.2) is 24.5 Å². The van der Waals surface area contributed by atoms with Crippen LogP contribution in [-0.4, -0.2) is 27.8 Å². The maximum atomic E-state index is 11.6. The van der Waals surface area contributed by atoms with Crippen molar-refractivity contribution in [2.45, 2.75) is 19.8 Å². The van der Waals surface area contributed by atoms with Gasteiger partial charge in [-0.2, -0.15) is 5.10 Å². The van der Waals surface area contributed by atoms with Crippen molar-refractivity contribution in [3.63, 3.8) is 0 Å². The minimum atomic E-state index is -0.291. The third-order valence-electron chi connectivity index (χ3n) is 2.44. The second kappa shape index (κ2) is 6.24. The van der Waals surface area contributed by atoms with Gasteiger partial charge in [-0.25, -0.2) is 9.78 Å². The normalized spacial score (nSPS) is 11.9. The summed E-state index contributed by atoms with van der Waals surface area (Å²) in [4.78, 5) is 17.1. The summed E-state index contributed by atoms with van der Waals surface area (Å²) in [6.45, 7) is 4.57. The molecule has 0 aromatic carbocycles. The zero-order chi connectivity index (χ0) is 13.7. The van der Waals surface area contributed by atoms with Gasteiger partial charge in [0.1, 0.15) is 0 Å². The maximum absolute atomic E-state index is 11.6. The lowest BCUT2D eigenvalue weighted by atomic mass is 10.2. The zero-order valence-electron chi connectivity index (χ0n) is 10.8. The van der Waals surface area contributed by atoms with Gasteiger partial charge in [-0.05, 0) is 19.1 Å². The number of hydrogen-bond acceptors (Lipinski definition) is 5. The van der Waals surface area contributed by atoms with Gasteiger partial charge in [-0.1, -0.05) is 6.92 Å². The Bertz CT molecular complexity index is 542. The van der Waals surface area contributed by atoms with Crippen LogP contribution in [0, 0.1) is 6.92 Å². The molecule has 0 radical (unpaired) electrons. The summed E-state index contributed by atoms with van der Waals surface area (Å²) in [6, 6.07) is 3.10. The van der Waals surface area contributed by atoms with E-state index in [1.807, 2.05) is 20.0 Å². The SMILES string of the molecule is Cc1cnc([C@@H](C)CNC(=O)Nc2cccnn2)s1. The predicted molar refractivity (Wildman–Crippen MR) is 74.3 cm³/mol. The molecule has 1 atom stereocenters. The van der Waals surface area contributed by atoms with Gasteiger partial charge in [0.2, 0.25) is 0 Å². The van der Waals surface area contributed by atoms with Crippen LogP contribution in [0.25, 0.3) is 0 Å². The Balaban J connectivity index is 1.80. The highest BCUT2D eigenvalue weighted by Gasteiger charge is 2.11. The molecule has 0 fully saturated rings. The Labute approximate surface area is 115 Å². The Hall–Kier alpha value is -2.02. The first kappa shape index (κ1) is 13.4. The Morgan fingerprint density at radius 1 is 1.53 bits per heavy atom. The summed E-state index contributed by atoms with van der Waals surface area (Å²) in [5.41, 5.74) is 0. The number of hydrogen-bond donors (Lipinski definition) is 2. The van der Waals surface area contributed by atoms with E-state index in [9.17, 15) is 4.79 Å². The van der Waals surface area contributed by atoms with Gasteiger partial charge in [-0.3, -0.25) is 5.32 Å². The molecule has 0 spiro atoms. The fourth-order valence-electron chi connectivity index (χ4n) is 1.46. The van der Waals surface area contributed by atoms with Gasteiger partial charge < -0.3 is 5.32 Å². The van der Waals surface area contributed by atoms with E-state index in [1.165, 1.54) is 4.88 Å². The van der Waals surface area contributed by atoms with Crippen LogP contribution < -0.4 is 10.6 Å². The number of amides is 2. The molecule has 0 aliphatic rings. The van der Waals surface area contributed by atoms with Gasteiger partial charge in [0.15, 0.2) is 5.82 Å². The summed E-state index contributed by atoms with van der Waals surface area (Å²) in [5.74, 6) is 0.615. The Kier molecular flexibility index (Phi) is 4.40. The molecule has 0 unspecified atom stereocenters. The van der Waals surface area contributed by atoms with Crippen molar-refractivity contribution in [1.29, 1.82) is 0 Å². The minimum Gasteiger partial charge on any atom is -0.337 e. The van der Waals surface area contributed by atoms with Crippen LogP contribution in [-0.2, 0) is 0 Å². The number of nitrogens with zero attached hydrogens (tertiary/aromatic N) is 3. The molecule has 2 amide bonds. The van der Waals surface area contributed by atoms with Gasteiger partial charge in [-0.15, -0.1) is 16.4 Å². The molecule has 0 aliphatic carbocycles. The Morgan fingerprint density at radius 3 is 3.00 bits per heavy atom. The molecule has 2 aromatic heterocycles. The van der Waals surface area contributed by atoms with E-state index < -0.39 is 0 Å². The number of aryl methyl sites for hydroxylation is 1. The molecule has 2 heterocycles. The third kappa shape index (κ3) is 3.99. The van der Waals surface area contributed by atoms with Crippen LogP contribution in [0.4, 0.5) is 10.6 Å².